The lowest BCUT2D eigenvalue weighted by molar-refractivity contribution is 0.157. The molecule has 6 nitrogen and oxygen atoms in total. The number of methoxy groups -OCH3 is 1. The van der Waals surface area contributed by atoms with Crippen LogP contribution in [0.2, 0.25) is 5.28 Å². The highest BCUT2D eigenvalue weighted by Crippen LogP contribution is 2.21. The SMILES string of the molecule is CCCOc1nc(Cl)nc(NCC(C)(C)CCOC)n1. The summed E-state index contributed by atoms with van der Waals surface area (Å²) in [5.41, 5.74) is 0.0690. The minimum atomic E-state index is 0.0690. The average molecular weight is 303 g/mol. The van der Waals surface area contributed by atoms with Crippen LogP contribution in [0, 0.1) is 5.41 Å². The van der Waals surface area contributed by atoms with E-state index in [0.717, 1.165) is 19.4 Å². The third-order valence-corrected chi connectivity index (χ3v) is 2.90. The van der Waals surface area contributed by atoms with Crippen molar-refractivity contribution in [1.29, 1.82) is 0 Å². The van der Waals surface area contributed by atoms with E-state index >= 15 is 0 Å². The molecule has 0 atom stereocenters. The Bertz CT molecular complexity index is 415. The van der Waals surface area contributed by atoms with Gasteiger partial charge in [0.25, 0.3) is 0 Å². The molecule has 1 aromatic heterocycles. The highest BCUT2D eigenvalue weighted by atomic mass is 35.5. The molecule has 0 aliphatic carbocycles. The molecule has 0 aliphatic heterocycles. The smallest absolute Gasteiger partial charge is 0.322 e. The summed E-state index contributed by atoms with van der Waals surface area (Å²) in [5, 5.41) is 3.30. The molecule has 1 rings (SSSR count). The summed E-state index contributed by atoms with van der Waals surface area (Å²) in [5.74, 6) is 0.432. The molecule has 0 bridgehead atoms. The van der Waals surface area contributed by atoms with Crippen LogP contribution in [0.5, 0.6) is 6.01 Å². The Morgan fingerprint density at radius 1 is 1.20 bits per heavy atom. The topological polar surface area (TPSA) is 69.2 Å². The first kappa shape index (κ1) is 16.9. The fraction of sp³-hybridized carbons (Fsp3) is 0.769. The quantitative estimate of drug-likeness (QED) is 0.756. The van der Waals surface area contributed by atoms with Gasteiger partial charge in [-0.15, -0.1) is 0 Å². The van der Waals surface area contributed by atoms with Crippen LogP contribution < -0.4 is 10.1 Å². The van der Waals surface area contributed by atoms with Crippen molar-refractivity contribution < 1.29 is 9.47 Å². The minimum Gasteiger partial charge on any atom is -0.463 e. The van der Waals surface area contributed by atoms with Crippen molar-refractivity contribution in [3.05, 3.63) is 5.28 Å². The summed E-state index contributed by atoms with van der Waals surface area (Å²) in [6.07, 6.45) is 1.82. The van der Waals surface area contributed by atoms with Gasteiger partial charge < -0.3 is 14.8 Å². The maximum absolute atomic E-state index is 5.86. The Morgan fingerprint density at radius 2 is 1.95 bits per heavy atom. The molecule has 0 spiro atoms. The molecule has 0 amide bonds. The normalized spacial score (nSPS) is 11.4. The largest absolute Gasteiger partial charge is 0.463 e. The van der Waals surface area contributed by atoms with Gasteiger partial charge in [-0.1, -0.05) is 20.8 Å². The summed E-state index contributed by atoms with van der Waals surface area (Å²) >= 11 is 5.86. The van der Waals surface area contributed by atoms with Gasteiger partial charge in [-0.2, -0.15) is 15.0 Å². The van der Waals surface area contributed by atoms with Crippen molar-refractivity contribution >= 4 is 17.5 Å². The minimum absolute atomic E-state index is 0.0690. The van der Waals surface area contributed by atoms with Crippen LogP contribution in [-0.2, 0) is 4.74 Å². The molecule has 0 saturated heterocycles. The number of anilines is 1. The Hall–Kier alpha value is -1.14. The summed E-state index contributed by atoms with van der Waals surface area (Å²) in [6.45, 7) is 8.30. The summed E-state index contributed by atoms with van der Waals surface area (Å²) in [4.78, 5) is 12.2. The second-order valence-corrected chi connectivity index (χ2v) is 5.66. The lowest BCUT2D eigenvalue weighted by Crippen LogP contribution is -2.25. The van der Waals surface area contributed by atoms with E-state index in [-0.39, 0.29) is 16.7 Å². The molecule has 114 valence electrons. The third-order valence-electron chi connectivity index (χ3n) is 2.73. The molecule has 20 heavy (non-hydrogen) atoms. The van der Waals surface area contributed by atoms with Crippen LogP contribution >= 0.6 is 11.6 Å². The maximum atomic E-state index is 5.86. The first-order valence-electron chi connectivity index (χ1n) is 6.74. The van der Waals surface area contributed by atoms with Crippen LogP contribution in [-0.4, -0.2) is 41.8 Å². The van der Waals surface area contributed by atoms with Crippen LogP contribution in [0.3, 0.4) is 0 Å². The van der Waals surface area contributed by atoms with E-state index in [1.807, 2.05) is 6.92 Å². The number of nitrogens with zero attached hydrogens (tertiary/aromatic N) is 3. The van der Waals surface area contributed by atoms with E-state index < -0.39 is 0 Å². The lowest BCUT2D eigenvalue weighted by atomic mass is 9.90. The second kappa shape index (κ2) is 8.21. The average Bonchev–Trinajstić information content (AvgIpc) is 2.40. The lowest BCUT2D eigenvalue weighted by Gasteiger charge is -2.24. The van der Waals surface area contributed by atoms with Crippen LogP contribution in [0.4, 0.5) is 5.95 Å². The Kier molecular flexibility index (Phi) is 6.95. The van der Waals surface area contributed by atoms with Crippen LogP contribution in [0.15, 0.2) is 0 Å². The Morgan fingerprint density at radius 3 is 2.60 bits per heavy atom. The van der Waals surface area contributed by atoms with Gasteiger partial charge in [0, 0.05) is 20.3 Å². The van der Waals surface area contributed by atoms with Gasteiger partial charge in [-0.3, -0.25) is 0 Å². The van der Waals surface area contributed by atoms with Gasteiger partial charge >= 0.3 is 6.01 Å². The number of hydrogen-bond donors (Lipinski definition) is 1. The van der Waals surface area contributed by atoms with Gasteiger partial charge in [-0.25, -0.2) is 0 Å². The molecule has 0 unspecified atom stereocenters. The summed E-state index contributed by atoms with van der Waals surface area (Å²) in [6, 6.07) is 0.254. The number of nitrogens with one attached hydrogen (secondary N) is 1. The molecule has 0 fully saturated rings. The molecule has 1 heterocycles. The molecular formula is C13H23ClN4O2. The van der Waals surface area contributed by atoms with Crippen molar-refractivity contribution in [1.82, 2.24) is 15.0 Å². The molecule has 7 heteroatoms. The first-order valence-corrected chi connectivity index (χ1v) is 7.12. The predicted molar refractivity (Wildman–Crippen MR) is 79.4 cm³/mol. The molecule has 1 aromatic rings. The van der Waals surface area contributed by atoms with E-state index in [2.05, 4.69) is 34.1 Å². The zero-order valence-electron chi connectivity index (χ0n) is 12.6. The molecule has 0 aliphatic rings. The highest BCUT2D eigenvalue weighted by Gasteiger charge is 2.18. The van der Waals surface area contributed by atoms with E-state index in [9.17, 15) is 0 Å². The zero-order valence-corrected chi connectivity index (χ0v) is 13.3. The second-order valence-electron chi connectivity index (χ2n) is 5.32. The van der Waals surface area contributed by atoms with E-state index in [4.69, 9.17) is 21.1 Å². The third kappa shape index (κ3) is 6.34. The first-order chi connectivity index (χ1) is 9.46. The van der Waals surface area contributed by atoms with Gasteiger partial charge in [0.15, 0.2) is 0 Å². The summed E-state index contributed by atoms with van der Waals surface area (Å²) < 4.78 is 10.5. The molecular weight excluding hydrogens is 280 g/mol. The fourth-order valence-electron chi connectivity index (χ4n) is 1.45. The number of hydrogen-bond acceptors (Lipinski definition) is 6. The fourth-order valence-corrected chi connectivity index (χ4v) is 1.61. The maximum Gasteiger partial charge on any atom is 0.322 e. The van der Waals surface area contributed by atoms with E-state index in [1.54, 1.807) is 7.11 Å². The zero-order chi connectivity index (χ0) is 15.0. The van der Waals surface area contributed by atoms with Crippen molar-refractivity contribution in [2.24, 2.45) is 5.41 Å². The van der Waals surface area contributed by atoms with Gasteiger partial charge in [-0.05, 0) is 29.9 Å². The summed E-state index contributed by atoms with van der Waals surface area (Å²) in [7, 11) is 1.70. The Labute approximate surface area is 125 Å². The van der Waals surface area contributed by atoms with E-state index in [1.165, 1.54) is 0 Å². The number of rotatable bonds is 9. The standard InChI is InChI=1S/C13H23ClN4O2/c1-5-7-20-12-17-10(14)16-11(18-12)15-9-13(2,3)6-8-19-4/h5-9H2,1-4H3,(H,15,16,17,18). The van der Waals surface area contributed by atoms with Crippen molar-refractivity contribution in [3.8, 4) is 6.01 Å². The molecule has 0 radical (unpaired) electrons. The number of ether oxygens (including phenoxy) is 2. The number of aromatic nitrogens is 3. The van der Waals surface area contributed by atoms with Crippen LogP contribution in [0.25, 0.3) is 0 Å². The van der Waals surface area contributed by atoms with Crippen molar-refractivity contribution in [2.75, 3.05) is 32.2 Å². The monoisotopic (exact) mass is 302 g/mol. The Balaban J connectivity index is 2.60. The van der Waals surface area contributed by atoms with Gasteiger partial charge in [0.1, 0.15) is 0 Å². The van der Waals surface area contributed by atoms with Crippen molar-refractivity contribution in [2.45, 2.75) is 33.6 Å². The number of halogens is 1. The van der Waals surface area contributed by atoms with Crippen LogP contribution in [0.1, 0.15) is 33.6 Å². The molecule has 0 aromatic carbocycles. The molecule has 0 saturated carbocycles. The van der Waals surface area contributed by atoms with E-state index in [0.29, 0.717) is 19.1 Å². The molecule has 1 N–H and O–H groups in total. The predicted octanol–water partition coefficient (Wildman–Crippen LogP) is 2.79. The van der Waals surface area contributed by atoms with Gasteiger partial charge in [0.2, 0.25) is 11.2 Å². The van der Waals surface area contributed by atoms with Gasteiger partial charge in [0.05, 0.1) is 6.61 Å². The highest BCUT2D eigenvalue weighted by molar-refractivity contribution is 6.28. The van der Waals surface area contributed by atoms with Crippen molar-refractivity contribution in [3.63, 3.8) is 0 Å².